The minimum absolute atomic E-state index is 0.0964. The molecule has 0 radical (unpaired) electrons. The van der Waals surface area contributed by atoms with Gasteiger partial charge < -0.3 is 4.74 Å². The zero-order valence-corrected chi connectivity index (χ0v) is 17.0. The molecule has 0 aliphatic carbocycles. The molecule has 2 aliphatic rings. The Balaban J connectivity index is 1.46. The number of hydrogen-bond acceptors (Lipinski definition) is 3. The predicted molar refractivity (Wildman–Crippen MR) is 121 cm³/mol. The largest absolute Gasteiger partial charge is 0.464 e. The second kappa shape index (κ2) is 6.89. The van der Waals surface area contributed by atoms with Crippen molar-refractivity contribution >= 4 is 28.1 Å². The average Bonchev–Trinajstić information content (AvgIpc) is 3.25. The summed E-state index contributed by atoms with van der Waals surface area (Å²) in [6.07, 6.45) is 0.557. The van der Waals surface area contributed by atoms with E-state index in [-0.39, 0.29) is 12.3 Å². The maximum Gasteiger partial charge on any atom is 0.213 e. The molecule has 0 aromatic heterocycles. The summed E-state index contributed by atoms with van der Waals surface area (Å²) in [5, 5.41) is 10.3. The van der Waals surface area contributed by atoms with Crippen LogP contribution in [-0.2, 0) is 0 Å². The van der Waals surface area contributed by atoms with E-state index in [2.05, 4.69) is 59.6 Å². The number of rotatable bonds is 2. The van der Waals surface area contributed by atoms with Crippen LogP contribution in [0.15, 0.2) is 96.1 Å². The Morgan fingerprint density at radius 3 is 2.50 bits per heavy atom. The van der Waals surface area contributed by atoms with Crippen LogP contribution in [0.4, 0.5) is 0 Å². The fraction of sp³-hybridized carbons (Fsp3) is 0.115. The van der Waals surface area contributed by atoms with Gasteiger partial charge in [0.15, 0.2) is 0 Å². The first kappa shape index (κ1) is 17.5. The molecule has 0 saturated heterocycles. The van der Waals surface area contributed by atoms with Crippen LogP contribution in [0.5, 0.6) is 5.75 Å². The van der Waals surface area contributed by atoms with Crippen molar-refractivity contribution in [2.75, 3.05) is 0 Å². The zero-order valence-electron chi connectivity index (χ0n) is 16.2. The van der Waals surface area contributed by atoms with Gasteiger partial charge in [-0.25, -0.2) is 5.01 Å². The Labute approximate surface area is 180 Å². The summed E-state index contributed by atoms with van der Waals surface area (Å²) in [7, 11) is 0. The third-order valence-electron chi connectivity index (χ3n) is 5.92. The van der Waals surface area contributed by atoms with Gasteiger partial charge in [-0.05, 0) is 40.6 Å². The van der Waals surface area contributed by atoms with Gasteiger partial charge in [-0.3, -0.25) is 0 Å². The van der Waals surface area contributed by atoms with E-state index in [4.69, 9.17) is 21.4 Å². The molecule has 4 heteroatoms. The van der Waals surface area contributed by atoms with E-state index < -0.39 is 0 Å². The summed E-state index contributed by atoms with van der Waals surface area (Å²) in [5.74, 6) is 0.879. The second-order valence-electron chi connectivity index (χ2n) is 7.77. The Morgan fingerprint density at radius 1 is 0.833 bits per heavy atom. The molecule has 3 nitrogen and oxygen atoms in total. The van der Waals surface area contributed by atoms with Crippen molar-refractivity contribution in [3.8, 4) is 5.75 Å². The lowest BCUT2D eigenvalue weighted by Gasteiger charge is -2.38. The maximum atomic E-state index is 6.40. The van der Waals surface area contributed by atoms with Crippen LogP contribution in [-0.4, -0.2) is 10.7 Å². The van der Waals surface area contributed by atoms with Crippen LogP contribution < -0.4 is 4.74 Å². The summed E-state index contributed by atoms with van der Waals surface area (Å²) in [6.45, 7) is 0. The normalized spacial score (nSPS) is 19.8. The summed E-state index contributed by atoms with van der Waals surface area (Å²) in [6, 6.07) is 31.2. The lowest BCUT2D eigenvalue weighted by Crippen LogP contribution is -2.33. The van der Waals surface area contributed by atoms with Crippen molar-refractivity contribution in [2.45, 2.75) is 18.7 Å². The molecule has 2 atom stereocenters. The fourth-order valence-corrected chi connectivity index (χ4v) is 4.62. The lowest BCUT2D eigenvalue weighted by atomic mass is 9.95. The van der Waals surface area contributed by atoms with E-state index >= 15 is 0 Å². The van der Waals surface area contributed by atoms with Gasteiger partial charge in [0.05, 0.1) is 11.8 Å². The zero-order chi connectivity index (χ0) is 20.1. The van der Waals surface area contributed by atoms with E-state index in [1.165, 1.54) is 10.8 Å². The molecular formula is C26H19ClN2O. The van der Waals surface area contributed by atoms with E-state index in [0.29, 0.717) is 0 Å². The minimum Gasteiger partial charge on any atom is -0.464 e. The van der Waals surface area contributed by atoms with Crippen molar-refractivity contribution in [1.29, 1.82) is 0 Å². The smallest absolute Gasteiger partial charge is 0.213 e. The fourth-order valence-electron chi connectivity index (χ4n) is 4.44. The van der Waals surface area contributed by atoms with Crippen LogP contribution in [0.25, 0.3) is 10.8 Å². The Bertz CT molecular complexity index is 1280. The Kier molecular flexibility index (Phi) is 4.03. The first-order valence-electron chi connectivity index (χ1n) is 10.1. The quantitative estimate of drug-likeness (QED) is 0.365. The molecular weight excluding hydrogens is 392 g/mol. The van der Waals surface area contributed by atoms with Crippen molar-refractivity contribution in [2.24, 2.45) is 5.10 Å². The molecule has 0 N–H and O–H groups in total. The number of fused-ring (bicyclic) bond motifs is 4. The molecule has 0 spiro atoms. The average molecular weight is 411 g/mol. The van der Waals surface area contributed by atoms with Crippen molar-refractivity contribution in [3.63, 3.8) is 0 Å². The van der Waals surface area contributed by atoms with Gasteiger partial charge in [0, 0.05) is 22.6 Å². The number of hydrogen-bond donors (Lipinski definition) is 0. The van der Waals surface area contributed by atoms with Gasteiger partial charge >= 0.3 is 0 Å². The van der Waals surface area contributed by atoms with Crippen LogP contribution in [0.1, 0.15) is 35.4 Å². The first-order chi connectivity index (χ1) is 14.8. The first-order valence-corrected chi connectivity index (χ1v) is 10.5. The second-order valence-corrected chi connectivity index (χ2v) is 8.21. The molecule has 6 rings (SSSR count). The third-order valence-corrected chi connectivity index (χ3v) is 6.15. The van der Waals surface area contributed by atoms with Crippen molar-refractivity contribution in [3.05, 3.63) is 113 Å². The summed E-state index contributed by atoms with van der Waals surface area (Å²) < 4.78 is 6.40. The highest BCUT2D eigenvalue weighted by atomic mass is 35.5. The Morgan fingerprint density at radius 2 is 1.63 bits per heavy atom. The third kappa shape index (κ3) is 2.86. The van der Waals surface area contributed by atoms with Gasteiger partial charge in [0.1, 0.15) is 5.75 Å². The molecule has 2 heterocycles. The Hall–Kier alpha value is -3.30. The molecule has 2 aliphatic heterocycles. The van der Waals surface area contributed by atoms with Crippen LogP contribution in [0.2, 0.25) is 5.02 Å². The van der Waals surface area contributed by atoms with E-state index in [0.717, 1.165) is 39.6 Å². The number of hydrazone groups is 1. The molecule has 0 fully saturated rings. The van der Waals surface area contributed by atoms with Crippen molar-refractivity contribution in [1.82, 2.24) is 5.01 Å². The summed E-state index contributed by atoms with van der Waals surface area (Å²) in [5.41, 5.74) is 4.41. The van der Waals surface area contributed by atoms with Crippen LogP contribution in [0.3, 0.4) is 0 Å². The summed E-state index contributed by atoms with van der Waals surface area (Å²) >= 11 is 6.33. The van der Waals surface area contributed by atoms with Gasteiger partial charge in [0.2, 0.25) is 6.23 Å². The van der Waals surface area contributed by atoms with Gasteiger partial charge in [-0.1, -0.05) is 78.3 Å². The van der Waals surface area contributed by atoms with E-state index in [1.807, 2.05) is 36.4 Å². The maximum absolute atomic E-state index is 6.40. The minimum atomic E-state index is -0.261. The molecule has 4 aromatic carbocycles. The number of benzene rings is 4. The van der Waals surface area contributed by atoms with E-state index in [1.54, 1.807) is 0 Å². The van der Waals surface area contributed by atoms with Gasteiger partial charge in [0.25, 0.3) is 0 Å². The standard InChI is InChI=1S/C26H19ClN2O/c27-21-12-13-25-22(15-21)24-16-23(20-11-10-17-6-4-5-9-19(17)14-20)28-29(24)26(30-25)18-7-2-1-3-8-18/h1-15,24,26H,16H2/t24-,26-/m1/s1. The SMILES string of the molecule is Clc1ccc2c(c1)[C@H]1CC(c3ccc4ccccc4c3)=NN1[C@@H](c1ccccc1)O2. The van der Waals surface area contributed by atoms with Crippen LogP contribution in [0, 0.1) is 0 Å². The highest BCUT2D eigenvalue weighted by Gasteiger charge is 2.41. The molecule has 0 amide bonds. The monoisotopic (exact) mass is 410 g/mol. The lowest BCUT2D eigenvalue weighted by molar-refractivity contribution is -0.0190. The van der Waals surface area contributed by atoms with Gasteiger partial charge in [-0.2, -0.15) is 5.10 Å². The number of nitrogens with zero attached hydrogens (tertiary/aromatic N) is 2. The molecule has 146 valence electrons. The number of halogens is 1. The highest BCUT2D eigenvalue weighted by molar-refractivity contribution is 6.30. The van der Waals surface area contributed by atoms with Crippen LogP contribution >= 0.6 is 11.6 Å². The molecule has 0 saturated carbocycles. The topological polar surface area (TPSA) is 24.8 Å². The predicted octanol–water partition coefficient (Wildman–Crippen LogP) is 6.74. The molecule has 0 unspecified atom stereocenters. The summed E-state index contributed by atoms with van der Waals surface area (Å²) in [4.78, 5) is 0. The highest BCUT2D eigenvalue weighted by Crippen LogP contribution is 2.48. The van der Waals surface area contributed by atoms with E-state index in [9.17, 15) is 0 Å². The number of ether oxygens (including phenoxy) is 1. The molecule has 0 bridgehead atoms. The molecule has 4 aromatic rings. The molecule has 30 heavy (non-hydrogen) atoms. The van der Waals surface area contributed by atoms with Crippen molar-refractivity contribution < 1.29 is 4.74 Å². The van der Waals surface area contributed by atoms with Gasteiger partial charge in [-0.15, -0.1) is 0 Å².